The molecule has 0 saturated carbocycles. The first-order valence-corrected chi connectivity index (χ1v) is 9.96. The maximum absolute atomic E-state index is 2.55. The third kappa shape index (κ3) is 3.06. The molecule has 1 aromatic heterocycles. The van der Waals surface area contributed by atoms with Crippen molar-refractivity contribution in [1.82, 2.24) is 4.57 Å². The molecule has 2 aromatic carbocycles. The van der Waals surface area contributed by atoms with Gasteiger partial charge in [0, 0.05) is 27.3 Å². The molecular formula is C25H35N. The minimum absolute atomic E-state index is 0.0898. The largest absolute Gasteiger partial charge is 0.335 e. The number of nitrogens with zero attached hydrogens (tertiary/aromatic N) is 1. The second kappa shape index (κ2) is 5.87. The van der Waals surface area contributed by atoms with E-state index < -0.39 is 0 Å². The highest BCUT2D eigenvalue weighted by Gasteiger charge is 2.25. The zero-order chi connectivity index (χ0) is 19.5. The average Bonchev–Trinajstić information content (AvgIpc) is 2.86. The van der Waals surface area contributed by atoms with E-state index in [0.29, 0.717) is 0 Å². The highest BCUT2D eigenvalue weighted by Crippen LogP contribution is 2.39. The summed E-state index contributed by atoms with van der Waals surface area (Å²) in [6, 6.07) is 14.1. The standard InChI is InChI=1S/C25H35N/c1-10-25(8,9)26-21-13-11-17(23(2,3)4)15-19(21)20-16-18(24(5,6)7)12-14-22(20)26/h11-16H,10H2,1-9H3. The summed E-state index contributed by atoms with van der Waals surface area (Å²) in [5, 5.41) is 2.78. The molecule has 0 fully saturated rings. The summed E-state index contributed by atoms with van der Waals surface area (Å²) in [7, 11) is 0. The summed E-state index contributed by atoms with van der Waals surface area (Å²) in [6.07, 6.45) is 1.11. The summed E-state index contributed by atoms with van der Waals surface area (Å²) in [5.74, 6) is 0. The first kappa shape index (κ1) is 19.0. The van der Waals surface area contributed by atoms with Crippen molar-refractivity contribution in [3.63, 3.8) is 0 Å². The van der Waals surface area contributed by atoms with E-state index in [4.69, 9.17) is 0 Å². The maximum atomic E-state index is 2.55. The van der Waals surface area contributed by atoms with E-state index in [2.05, 4.69) is 103 Å². The SMILES string of the molecule is CCC(C)(C)n1c2ccc(C(C)(C)C)cc2c2cc(C(C)(C)C)ccc21. The van der Waals surface area contributed by atoms with Gasteiger partial charge >= 0.3 is 0 Å². The molecule has 0 bridgehead atoms. The Morgan fingerprint density at radius 1 is 0.654 bits per heavy atom. The van der Waals surface area contributed by atoms with Crippen LogP contribution in [0.4, 0.5) is 0 Å². The number of hydrogen-bond acceptors (Lipinski definition) is 0. The predicted octanol–water partition coefficient (Wildman–Crippen LogP) is 7.53. The summed E-state index contributed by atoms with van der Waals surface area (Å²) in [6.45, 7) is 20.8. The Kier molecular flexibility index (Phi) is 4.30. The van der Waals surface area contributed by atoms with Crippen LogP contribution in [0, 0.1) is 0 Å². The third-order valence-electron chi connectivity index (χ3n) is 5.97. The quantitative estimate of drug-likeness (QED) is 0.450. The zero-order valence-corrected chi connectivity index (χ0v) is 18.1. The van der Waals surface area contributed by atoms with E-state index in [9.17, 15) is 0 Å². The molecule has 0 spiro atoms. The molecule has 0 unspecified atom stereocenters. The number of fused-ring (bicyclic) bond motifs is 3. The Morgan fingerprint density at radius 2 is 1.04 bits per heavy atom. The van der Waals surface area contributed by atoms with Crippen molar-refractivity contribution in [1.29, 1.82) is 0 Å². The lowest BCUT2D eigenvalue weighted by atomic mass is 9.85. The number of aromatic nitrogens is 1. The summed E-state index contributed by atoms with van der Waals surface area (Å²) >= 11 is 0. The van der Waals surface area contributed by atoms with Crippen molar-refractivity contribution in [2.24, 2.45) is 0 Å². The van der Waals surface area contributed by atoms with E-state index in [1.165, 1.54) is 32.9 Å². The molecule has 0 saturated heterocycles. The minimum atomic E-state index is 0.0898. The number of rotatable bonds is 2. The van der Waals surface area contributed by atoms with Gasteiger partial charge in [0.25, 0.3) is 0 Å². The Balaban J connectivity index is 2.46. The van der Waals surface area contributed by atoms with Gasteiger partial charge in [0.05, 0.1) is 0 Å². The van der Waals surface area contributed by atoms with Crippen molar-refractivity contribution in [2.75, 3.05) is 0 Å². The molecular weight excluding hydrogens is 314 g/mol. The Labute approximate surface area is 159 Å². The van der Waals surface area contributed by atoms with E-state index >= 15 is 0 Å². The normalized spacial score (nSPS) is 13.7. The highest BCUT2D eigenvalue weighted by molar-refractivity contribution is 6.09. The highest BCUT2D eigenvalue weighted by atomic mass is 15.1. The lowest BCUT2D eigenvalue weighted by molar-refractivity contribution is 0.364. The summed E-state index contributed by atoms with van der Waals surface area (Å²) in [5.41, 5.74) is 5.91. The lowest BCUT2D eigenvalue weighted by Gasteiger charge is -2.28. The van der Waals surface area contributed by atoms with Crippen LogP contribution in [0.2, 0.25) is 0 Å². The molecule has 26 heavy (non-hydrogen) atoms. The zero-order valence-electron chi connectivity index (χ0n) is 18.1. The van der Waals surface area contributed by atoms with Crippen molar-refractivity contribution in [2.45, 2.75) is 85.1 Å². The molecule has 140 valence electrons. The fourth-order valence-electron chi connectivity index (χ4n) is 3.77. The van der Waals surface area contributed by atoms with Crippen LogP contribution < -0.4 is 0 Å². The van der Waals surface area contributed by atoms with E-state index in [0.717, 1.165) is 6.42 Å². The van der Waals surface area contributed by atoms with Crippen LogP contribution in [0.1, 0.15) is 79.9 Å². The van der Waals surface area contributed by atoms with E-state index in [1.54, 1.807) is 0 Å². The lowest BCUT2D eigenvalue weighted by Crippen LogP contribution is -2.24. The molecule has 1 heterocycles. The van der Waals surface area contributed by atoms with Gasteiger partial charge in [-0.15, -0.1) is 0 Å². The molecule has 0 amide bonds. The molecule has 1 nitrogen and oxygen atoms in total. The molecule has 3 aromatic rings. The van der Waals surface area contributed by atoms with Gasteiger partial charge in [0.15, 0.2) is 0 Å². The molecule has 1 heteroatoms. The van der Waals surface area contributed by atoms with Crippen LogP contribution in [0.15, 0.2) is 36.4 Å². The van der Waals surface area contributed by atoms with E-state index in [1.807, 2.05) is 0 Å². The number of hydrogen-bond donors (Lipinski definition) is 0. The monoisotopic (exact) mass is 349 g/mol. The molecule has 0 N–H and O–H groups in total. The fourth-order valence-corrected chi connectivity index (χ4v) is 3.77. The fraction of sp³-hybridized carbons (Fsp3) is 0.520. The topological polar surface area (TPSA) is 4.93 Å². The summed E-state index contributed by atoms with van der Waals surface area (Å²) in [4.78, 5) is 0. The van der Waals surface area contributed by atoms with Crippen LogP contribution in [-0.2, 0) is 16.4 Å². The van der Waals surface area contributed by atoms with Crippen LogP contribution in [0.3, 0.4) is 0 Å². The maximum Gasteiger partial charge on any atom is 0.0496 e. The van der Waals surface area contributed by atoms with Crippen molar-refractivity contribution in [3.05, 3.63) is 47.5 Å². The molecule has 0 radical (unpaired) electrons. The average molecular weight is 350 g/mol. The minimum Gasteiger partial charge on any atom is -0.335 e. The Bertz CT molecular complexity index is 884. The van der Waals surface area contributed by atoms with Gasteiger partial charge in [-0.3, -0.25) is 0 Å². The van der Waals surface area contributed by atoms with Gasteiger partial charge in [0.2, 0.25) is 0 Å². The van der Waals surface area contributed by atoms with Crippen LogP contribution in [-0.4, -0.2) is 4.57 Å². The second-order valence-electron chi connectivity index (χ2n) is 10.5. The molecule has 3 rings (SSSR count). The third-order valence-corrected chi connectivity index (χ3v) is 5.97. The van der Waals surface area contributed by atoms with Crippen LogP contribution >= 0.6 is 0 Å². The molecule has 0 aliphatic carbocycles. The van der Waals surface area contributed by atoms with Gasteiger partial charge in [0.1, 0.15) is 0 Å². The van der Waals surface area contributed by atoms with Crippen LogP contribution in [0.5, 0.6) is 0 Å². The Morgan fingerprint density at radius 3 is 1.35 bits per heavy atom. The first-order chi connectivity index (χ1) is 11.9. The number of benzene rings is 2. The molecule has 0 aliphatic heterocycles. The first-order valence-electron chi connectivity index (χ1n) is 9.96. The van der Waals surface area contributed by atoms with Crippen molar-refractivity contribution < 1.29 is 0 Å². The van der Waals surface area contributed by atoms with Gasteiger partial charge < -0.3 is 4.57 Å². The van der Waals surface area contributed by atoms with Crippen molar-refractivity contribution >= 4 is 21.8 Å². The summed E-state index contributed by atoms with van der Waals surface area (Å²) < 4.78 is 2.55. The second-order valence-corrected chi connectivity index (χ2v) is 10.5. The van der Waals surface area contributed by atoms with E-state index in [-0.39, 0.29) is 16.4 Å². The van der Waals surface area contributed by atoms with Crippen molar-refractivity contribution in [3.8, 4) is 0 Å². The predicted molar refractivity (Wildman–Crippen MR) is 116 cm³/mol. The van der Waals surface area contributed by atoms with Gasteiger partial charge in [-0.1, -0.05) is 60.6 Å². The van der Waals surface area contributed by atoms with Gasteiger partial charge in [-0.05, 0) is 66.5 Å². The van der Waals surface area contributed by atoms with Crippen LogP contribution in [0.25, 0.3) is 21.8 Å². The Hall–Kier alpha value is -1.76. The molecule has 0 atom stereocenters. The smallest absolute Gasteiger partial charge is 0.0496 e. The van der Waals surface area contributed by atoms with Gasteiger partial charge in [-0.25, -0.2) is 0 Å². The molecule has 0 aliphatic rings. The van der Waals surface area contributed by atoms with Gasteiger partial charge in [-0.2, -0.15) is 0 Å².